The molecule has 0 unspecified atom stereocenters. The molecule has 164 valence electrons. The normalized spacial score (nSPS) is 12.7. The zero-order chi connectivity index (χ0) is 21.2. The molecular formula is C22H39N5O2. The molecule has 0 aromatic carbocycles. The number of aryl methyl sites for hydroxylation is 2. The molecule has 0 amide bonds. The number of aromatic nitrogens is 4. The molecule has 0 spiro atoms. The quantitative estimate of drug-likeness (QED) is 0.428. The Labute approximate surface area is 175 Å². The van der Waals surface area contributed by atoms with E-state index in [0.29, 0.717) is 12.0 Å². The van der Waals surface area contributed by atoms with Crippen molar-refractivity contribution in [1.29, 1.82) is 0 Å². The second kappa shape index (κ2) is 12.0. The summed E-state index contributed by atoms with van der Waals surface area (Å²) in [4.78, 5) is 16.3. The molecular weight excluding hydrogens is 366 g/mol. The van der Waals surface area contributed by atoms with Crippen molar-refractivity contribution in [2.45, 2.75) is 85.8 Å². The summed E-state index contributed by atoms with van der Waals surface area (Å²) in [6, 6.07) is 1.02. The number of hydrogen-bond donors (Lipinski definition) is 0. The van der Waals surface area contributed by atoms with E-state index in [9.17, 15) is 0 Å². The number of hydrogen-bond acceptors (Lipinski definition) is 6. The predicted octanol–water partition coefficient (Wildman–Crippen LogP) is 4.61. The number of imidazole rings is 1. The molecule has 2 aromatic rings. The van der Waals surface area contributed by atoms with E-state index in [1.165, 1.54) is 25.9 Å². The lowest BCUT2D eigenvalue weighted by molar-refractivity contribution is 0.192. The van der Waals surface area contributed by atoms with Crippen LogP contribution in [0.15, 0.2) is 0 Å². The fraction of sp³-hybridized carbons (Fsp3) is 0.773. The summed E-state index contributed by atoms with van der Waals surface area (Å²) in [5.74, 6) is 0. The van der Waals surface area contributed by atoms with Crippen LogP contribution in [0.4, 0.5) is 0 Å². The monoisotopic (exact) mass is 405 g/mol. The molecule has 7 nitrogen and oxygen atoms in total. The molecule has 29 heavy (non-hydrogen) atoms. The third kappa shape index (κ3) is 6.56. The number of unbranched alkanes of at least 4 members (excludes halogenated alkanes) is 1. The van der Waals surface area contributed by atoms with Gasteiger partial charge in [-0.3, -0.25) is 4.57 Å². The van der Waals surface area contributed by atoms with Crippen molar-refractivity contribution in [1.82, 2.24) is 24.4 Å². The van der Waals surface area contributed by atoms with E-state index >= 15 is 0 Å². The first-order valence-corrected chi connectivity index (χ1v) is 11.2. The number of rotatable bonds is 14. The molecule has 0 saturated carbocycles. The molecule has 0 fully saturated rings. The Morgan fingerprint density at radius 2 is 1.69 bits per heavy atom. The van der Waals surface area contributed by atoms with Gasteiger partial charge in [0, 0.05) is 6.54 Å². The predicted molar refractivity (Wildman–Crippen MR) is 118 cm³/mol. The van der Waals surface area contributed by atoms with Crippen molar-refractivity contribution in [2.24, 2.45) is 0 Å². The van der Waals surface area contributed by atoms with E-state index in [1.807, 2.05) is 6.92 Å². The molecule has 2 heterocycles. The van der Waals surface area contributed by atoms with Gasteiger partial charge in [0.25, 0.3) is 6.01 Å². The van der Waals surface area contributed by atoms with E-state index in [-0.39, 0.29) is 6.10 Å². The smallest absolute Gasteiger partial charge is 0.319 e. The Bertz CT molecular complexity index is 740. The summed E-state index contributed by atoms with van der Waals surface area (Å²) in [5.41, 5.74) is 2.41. The minimum absolute atomic E-state index is 0.0956. The Balaban J connectivity index is 2.13. The fourth-order valence-electron chi connectivity index (χ4n) is 3.72. The second-order valence-corrected chi connectivity index (χ2v) is 7.78. The first-order chi connectivity index (χ1) is 14.0. The van der Waals surface area contributed by atoms with Crippen LogP contribution in [-0.2, 0) is 6.54 Å². The van der Waals surface area contributed by atoms with Crippen LogP contribution < -0.4 is 9.47 Å². The third-order valence-corrected chi connectivity index (χ3v) is 5.08. The van der Waals surface area contributed by atoms with Crippen molar-refractivity contribution in [3.05, 3.63) is 5.69 Å². The van der Waals surface area contributed by atoms with Gasteiger partial charge in [0.15, 0.2) is 5.65 Å². The molecule has 0 N–H and O–H groups in total. The van der Waals surface area contributed by atoms with E-state index in [0.717, 1.165) is 55.6 Å². The van der Waals surface area contributed by atoms with Gasteiger partial charge in [-0.1, -0.05) is 27.2 Å². The number of methoxy groups -OCH3 is 1. The Hall–Kier alpha value is -1.89. The van der Waals surface area contributed by atoms with Crippen LogP contribution in [0.5, 0.6) is 12.0 Å². The Morgan fingerprint density at radius 3 is 2.31 bits per heavy atom. The first kappa shape index (κ1) is 23.4. The van der Waals surface area contributed by atoms with Crippen molar-refractivity contribution < 1.29 is 9.47 Å². The highest BCUT2D eigenvalue weighted by Crippen LogP contribution is 2.25. The highest BCUT2D eigenvalue weighted by molar-refractivity contribution is 5.75. The van der Waals surface area contributed by atoms with Crippen LogP contribution in [0.25, 0.3) is 11.2 Å². The molecule has 2 aromatic heterocycles. The van der Waals surface area contributed by atoms with Gasteiger partial charge < -0.3 is 14.4 Å². The van der Waals surface area contributed by atoms with Gasteiger partial charge >= 0.3 is 6.01 Å². The largest absolute Gasteiger partial charge is 0.468 e. The number of fused-ring (bicyclic) bond motifs is 1. The zero-order valence-corrected chi connectivity index (χ0v) is 19.2. The van der Waals surface area contributed by atoms with Crippen molar-refractivity contribution in [3.8, 4) is 12.0 Å². The SMILES string of the molecule is CCC[C@H](C)Oc1nc(C)c2nc(OC)n(CCCCN(CCC)CCC)c2n1. The molecule has 0 aliphatic rings. The number of ether oxygens (including phenoxy) is 2. The van der Waals surface area contributed by atoms with Crippen molar-refractivity contribution >= 4 is 11.2 Å². The fourth-order valence-corrected chi connectivity index (χ4v) is 3.72. The van der Waals surface area contributed by atoms with E-state index in [4.69, 9.17) is 9.47 Å². The van der Waals surface area contributed by atoms with Gasteiger partial charge in [-0.25, -0.2) is 0 Å². The minimum atomic E-state index is 0.0956. The van der Waals surface area contributed by atoms with Gasteiger partial charge in [-0.2, -0.15) is 15.0 Å². The average molecular weight is 406 g/mol. The van der Waals surface area contributed by atoms with Crippen LogP contribution in [-0.4, -0.2) is 57.3 Å². The third-order valence-electron chi connectivity index (χ3n) is 5.08. The highest BCUT2D eigenvalue weighted by Gasteiger charge is 2.18. The maximum Gasteiger partial charge on any atom is 0.319 e. The maximum absolute atomic E-state index is 5.94. The lowest BCUT2D eigenvalue weighted by Crippen LogP contribution is -2.26. The van der Waals surface area contributed by atoms with Gasteiger partial charge in [0.05, 0.1) is 18.9 Å². The van der Waals surface area contributed by atoms with E-state index in [2.05, 4.69) is 52.1 Å². The highest BCUT2D eigenvalue weighted by atomic mass is 16.5. The summed E-state index contributed by atoms with van der Waals surface area (Å²) in [6.45, 7) is 15.0. The maximum atomic E-state index is 5.94. The lowest BCUT2D eigenvalue weighted by Gasteiger charge is -2.20. The van der Waals surface area contributed by atoms with Crippen molar-refractivity contribution in [2.75, 3.05) is 26.7 Å². The summed E-state index contributed by atoms with van der Waals surface area (Å²) >= 11 is 0. The van der Waals surface area contributed by atoms with Gasteiger partial charge in [0.2, 0.25) is 0 Å². The van der Waals surface area contributed by atoms with Crippen molar-refractivity contribution in [3.63, 3.8) is 0 Å². The van der Waals surface area contributed by atoms with Gasteiger partial charge in [-0.05, 0) is 65.6 Å². The molecule has 2 rings (SSSR count). The van der Waals surface area contributed by atoms with Crippen LogP contribution in [0, 0.1) is 6.92 Å². The lowest BCUT2D eigenvalue weighted by atomic mass is 10.2. The zero-order valence-electron chi connectivity index (χ0n) is 19.2. The summed E-state index contributed by atoms with van der Waals surface area (Å²) in [7, 11) is 1.66. The van der Waals surface area contributed by atoms with Gasteiger partial charge in [-0.15, -0.1) is 0 Å². The van der Waals surface area contributed by atoms with Crippen LogP contribution in [0.2, 0.25) is 0 Å². The van der Waals surface area contributed by atoms with Crippen LogP contribution >= 0.6 is 0 Å². The Morgan fingerprint density at radius 1 is 0.966 bits per heavy atom. The topological polar surface area (TPSA) is 65.3 Å². The molecule has 0 radical (unpaired) electrons. The van der Waals surface area contributed by atoms with E-state index in [1.54, 1.807) is 7.11 Å². The molecule has 0 aliphatic heterocycles. The molecule has 1 atom stereocenters. The van der Waals surface area contributed by atoms with Crippen LogP contribution in [0.1, 0.15) is 71.9 Å². The summed E-state index contributed by atoms with van der Waals surface area (Å²) in [6.07, 6.45) is 6.75. The second-order valence-electron chi connectivity index (χ2n) is 7.78. The Kier molecular flexibility index (Phi) is 9.64. The number of nitrogens with zero attached hydrogens (tertiary/aromatic N) is 5. The van der Waals surface area contributed by atoms with Gasteiger partial charge in [0.1, 0.15) is 5.52 Å². The first-order valence-electron chi connectivity index (χ1n) is 11.2. The summed E-state index contributed by atoms with van der Waals surface area (Å²) < 4.78 is 13.5. The average Bonchev–Trinajstić information content (AvgIpc) is 3.04. The molecule has 0 aliphatic carbocycles. The molecule has 0 bridgehead atoms. The van der Waals surface area contributed by atoms with Crippen LogP contribution in [0.3, 0.4) is 0 Å². The minimum Gasteiger partial charge on any atom is -0.468 e. The summed E-state index contributed by atoms with van der Waals surface area (Å²) in [5, 5.41) is 0. The standard InChI is InChI=1S/C22H39N5O2/c1-7-12-17(4)29-21-23-18(5)19-20(25-21)27(22(24-19)28-6)16-11-10-15-26(13-8-2)14-9-3/h17H,7-16H2,1-6H3/t17-/m0/s1. The van der Waals surface area contributed by atoms with E-state index < -0.39 is 0 Å². The molecule has 0 saturated heterocycles. The molecule has 7 heteroatoms.